The second kappa shape index (κ2) is 7.23. The number of pyridine rings is 1. The number of hydrogen-bond acceptors (Lipinski definition) is 5. The van der Waals surface area contributed by atoms with E-state index >= 15 is 0 Å². The first-order chi connectivity index (χ1) is 12.5. The van der Waals surface area contributed by atoms with Crippen LogP contribution in [0.1, 0.15) is 22.8 Å². The van der Waals surface area contributed by atoms with Gasteiger partial charge in [0, 0.05) is 42.5 Å². The molecule has 3 rings (SSSR count). The number of rotatable bonds is 4. The molecule has 1 amide bonds. The highest BCUT2D eigenvalue weighted by Gasteiger charge is 2.10. The van der Waals surface area contributed by atoms with Gasteiger partial charge >= 0.3 is 0 Å². The number of amides is 1. The molecule has 0 saturated carbocycles. The third-order valence-electron chi connectivity index (χ3n) is 4.11. The number of benzene rings is 2. The maximum absolute atomic E-state index is 12.3. The average molecular weight is 348 g/mol. The summed E-state index contributed by atoms with van der Waals surface area (Å²) in [5.74, 6) is -0.168. The van der Waals surface area contributed by atoms with Crippen LogP contribution < -0.4 is 10.3 Å². The fraction of sp³-hybridized carbons (Fsp3) is 0.150. The molecule has 0 spiro atoms. The molecule has 0 aliphatic carbocycles. The number of hydrazone groups is 1. The van der Waals surface area contributed by atoms with E-state index in [2.05, 4.69) is 15.5 Å². The summed E-state index contributed by atoms with van der Waals surface area (Å²) in [4.78, 5) is 18.5. The Hall–Kier alpha value is -3.41. The van der Waals surface area contributed by atoms with E-state index in [1.54, 1.807) is 43.5 Å². The normalized spacial score (nSPS) is 11.4. The smallest absolute Gasteiger partial charge is 0.271 e. The number of carbonyl (C=O) groups excluding carboxylic acids is 1. The largest absolute Gasteiger partial charge is 0.506 e. The Balaban J connectivity index is 1.82. The Bertz CT molecular complexity index is 979. The Morgan fingerprint density at radius 1 is 1.12 bits per heavy atom. The second-order valence-corrected chi connectivity index (χ2v) is 6.11. The number of nitrogens with zero attached hydrogens (tertiary/aromatic N) is 3. The van der Waals surface area contributed by atoms with Gasteiger partial charge in [0.05, 0.1) is 5.71 Å². The van der Waals surface area contributed by atoms with Gasteiger partial charge in [-0.1, -0.05) is 6.07 Å². The van der Waals surface area contributed by atoms with Crippen molar-refractivity contribution in [1.82, 2.24) is 10.4 Å². The van der Waals surface area contributed by atoms with Crippen molar-refractivity contribution in [2.45, 2.75) is 6.92 Å². The highest BCUT2D eigenvalue weighted by atomic mass is 16.3. The molecule has 0 radical (unpaired) electrons. The van der Waals surface area contributed by atoms with Crippen LogP contribution in [0.25, 0.3) is 10.9 Å². The van der Waals surface area contributed by atoms with Gasteiger partial charge in [0.1, 0.15) is 11.3 Å². The number of phenolic OH excluding ortho intramolecular Hbond substituents is 1. The lowest BCUT2D eigenvalue weighted by atomic mass is 10.0. The maximum atomic E-state index is 12.3. The van der Waals surface area contributed by atoms with Crippen LogP contribution in [0.2, 0.25) is 0 Å². The summed E-state index contributed by atoms with van der Waals surface area (Å²) in [5, 5.41) is 14.9. The number of aromatic hydroxyl groups is 1. The van der Waals surface area contributed by atoms with Crippen molar-refractivity contribution in [3.05, 3.63) is 65.9 Å². The van der Waals surface area contributed by atoms with Gasteiger partial charge in [-0.2, -0.15) is 5.10 Å². The topological polar surface area (TPSA) is 77.8 Å². The zero-order valence-corrected chi connectivity index (χ0v) is 14.9. The number of phenols is 1. The van der Waals surface area contributed by atoms with Crippen LogP contribution in [-0.2, 0) is 0 Å². The molecule has 0 fully saturated rings. The van der Waals surface area contributed by atoms with E-state index in [1.165, 1.54) is 0 Å². The van der Waals surface area contributed by atoms with Crippen molar-refractivity contribution >= 4 is 28.2 Å². The minimum atomic E-state index is -0.282. The summed E-state index contributed by atoms with van der Waals surface area (Å²) < 4.78 is 0. The predicted molar refractivity (Wildman–Crippen MR) is 104 cm³/mol. The second-order valence-electron chi connectivity index (χ2n) is 6.11. The minimum absolute atomic E-state index is 0.113. The Morgan fingerprint density at radius 3 is 2.54 bits per heavy atom. The molecular weight excluding hydrogens is 328 g/mol. The molecule has 0 bridgehead atoms. The number of hydrogen-bond donors (Lipinski definition) is 2. The Labute approximate surface area is 151 Å². The number of fused-ring (bicyclic) bond motifs is 1. The molecule has 0 aliphatic rings. The van der Waals surface area contributed by atoms with Gasteiger partial charge in [-0.3, -0.25) is 9.78 Å². The van der Waals surface area contributed by atoms with E-state index in [-0.39, 0.29) is 11.7 Å². The van der Waals surface area contributed by atoms with Crippen LogP contribution in [0.3, 0.4) is 0 Å². The molecule has 0 saturated heterocycles. The average Bonchev–Trinajstić information content (AvgIpc) is 2.66. The third-order valence-corrected chi connectivity index (χ3v) is 4.11. The molecule has 132 valence electrons. The first-order valence-corrected chi connectivity index (χ1v) is 8.16. The molecule has 6 heteroatoms. The molecule has 2 aromatic carbocycles. The van der Waals surface area contributed by atoms with Gasteiger partial charge in [0.2, 0.25) is 0 Å². The fourth-order valence-corrected chi connectivity index (χ4v) is 2.64. The number of carbonyl (C=O) groups is 1. The molecule has 6 nitrogen and oxygen atoms in total. The van der Waals surface area contributed by atoms with Gasteiger partial charge in [-0.05, 0) is 49.4 Å². The van der Waals surface area contributed by atoms with Crippen LogP contribution in [0.4, 0.5) is 5.69 Å². The SMILES string of the molecule is C/C(=N\NC(=O)c1ccc(N(C)C)cc1)c1ccc(O)c2ncccc12. The van der Waals surface area contributed by atoms with E-state index in [0.29, 0.717) is 16.8 Å². The zero-order chi connectivity index (χ0) is 18.7. The van der Waals surface area contributed by atoms with Gasteiger partial charge in [0.25, 0.3) is 5.91 Å². The van der Waals surface area contributed by atoms with Gasteiger partial charge < -0.3 is 10.0 Å². The predicted octanol–water partition coefficient (Wildman–Crippen LogP) is 3.16. The van der Waals surface area contributed by atoms with Crippen LogP contribution in [0.15, 0.2) is 59.8 Å². The molecule has 2 N–H and O–H groups in total. The first kappa shape index (κ1) is 17.4. The highest BCUT2D eigenvalue weighted by Crippen LogP contribution is 2.25. The third kappa shape index (κ3) is 3.49. The van der Waals surface area contributed by atoms with Crippen molar-refractivity contribution in [2.24, 2.45) is 5.10 Å². The molecular formula is C20H20N4O2. The van der Waals surface area contributed by atoms with Gasteiger partial charge in [0.15, 0.2) is 0 Å². The summed E-state index contributed by atoms with van der Waals surface area (Å²) in [6.07, 6.45) is 1.62. The lowest BCUT2D eigenvalue weighted by Gasteiger charge is -2.12. The minimum Gasteiger partial charge on any atom is -0.506 e. The van der Waals surface area contributed by atoms with Crippen molar-refractivity contribution in [3.8, 4) is 5.75 Å². The highest BCUT2D eigenvalue weighted by molar-refractivity contribution is 6.10. The van der Waals surface area contributed by atoms with Crippen LogP contribution >= 0.6 is 0 Å². The zero-order valence-electron chi connectivity index (χ0n) is 14.9. The number of aromatic nitrogens is 1. The van der Waals surface area contributed by atoms with E-state index in [4.69, 9.17) is 0 Å². The van der Waals surface area contributed by atoms with Gasteiger partial charge in [-0.25, -0.2) is 5.43 Å². The van der Waals surface area contributed by atoms with E-state index in [9.17, 15) is 9.90 Å². The van der Waals surface area contributed by atoms with E-state index in [0.717, 1.165) is 16.6 Å². The van der Waals surface area contributed by atoms with E-state index in [1.807, 2.05) is 37.2 Å². The standard InChI is InChI=1S/C20H20N4O2/c1-13(16-10-11-18(25)19-17(16)5-4-12-21-19)22-23-20(26)14-6-8-15(9-7-14)24(2)3/h4-12,25H,1-3H3,(H,23,26)/b22-13+. The number of anilines is 1. The summed E-state index contributed by atoms with van der Waals surface area (Å²) in [6.45, 7) is 1.80. The van der Waals surface area contributed by atoms with E-state index < -0.39 is 0 Å². The molecule has 3 aromatic rings. The Kier molecular flexibility index (Phi) is 4.84. The quantitative estimate of drug-likeness (QED) is 0.561. The van der Waals surface area contributed by atoms with Crippen molar-refractivity contribution in [3.63, 3.8) is 0 Å². The molecule has 26 heavy (non-hydrogen) atoms. The van der Waals surface area contributed by atoms with Crippen molar-refractivity contribution < 1.29 is 9.90 Å². The van der Waals surface area contributed by atoms with Crippen LogP contribution in [0, 0.1) is 0 Å². The molecule has 1 heterocycles. The number of nitrogens with one attached hydrogen (secondary N) is 1. The summed E-state index contributed by atoms with van der Waals surface area (Å²) in [6, 6.07) is 14.3. The molecule has 0 aliphatic heterocycles. The van der Waals surface area contributed by atoms with Crippen LogP contribution in [-0.4, -0.2) is 35.8 Å². The summed E-state index contributed by atoms with van der Waals surface area (Å²) in [7, 11) is 3.89. The molecule has 0 atom stereocenters. The van der Waals surface area contributed by atoms with Crippen molar-refractivity contribution in [1.29, 1.82) is 0 Å². The lowest BCUT2D eigenvalue weighted by Crippen LogP contribution is -2.19. The van der Waals surface area contributed by atoms with Crippen molar-refractivity contribution in [2.75, 3.05) is 19.0 Å². The lowest BCUT2D eigenvalue weighted by molar-refractivity contribution is 0.0955. The summed E-state index contributed by atoms with van der Waals surface area (Å²) in [5.41, 5.74) is 6.06. The molecule has 1 aromatic heterocycles. The summed E-state index contributed by atoms with van der Waals surface area (Å²) >= 11 is 0. The first-order valence-electron chi connectivity index (χ1n) is 8.16. The molecule has 0 unspecified atom stereocenters. The van der Waals surface area contributed by atoms with Gasteiger partial charge in [-0.15, -0.1) is 0 Å². The fourth-order valence-electron chi connectivity index (χ4n) is 2.64. The monoisotopic (exact) mass is 348 g/mol. The van der Waals surface area contributed by atoms with Crippen LogP contribution in [0.5, 0.6) is 5.75 Å². The Morgan fingerprint density at radius 2 is 1.85 bits per heavy atom. The maximum Gasteiger partial charge on any atom is 0.271 e.